The third-order valence-electron chi connectivity index (χ3n) is 7.26. The van der Waals surface area contributed by atoms with Gasteiger partial charge in [0, 0.05) is 41.5 Å². The van der Waals surface area contributed by atoms with E-state index in [2.05, 4.69) is 10.3 Å². The van der Waals surface area contributed by atoms with E-state index in [9.17, 15) is 19.5 Å². The molecule has 202 valence electrons. The Morgan fingerprint density at radius 2 is 1.92 bits per heavy atom. The van der Waals surface area contributed by atoms with Crippen molar-refractivity contribution in [1.82, 2.24) is 9.88 Å². The Morgan fingerprint density at radius 3 is 2.63 bits per heavy atom. The van der Waals surface area contributed by atoms with Gasteiger partial charge < -0.3 is 30.8 Å². The number of methoxy groups -OCH3 is 1. The number of aromatic hydroxyl groups is 1. The number of aromatic nitrogens is 1. The minimum Gasteiger partial charge on any atom is -0.508 e. The normalized spacial score (nSPS) is 14.7. The highest BCUT2D eigenvalue weighted by molar-refractivity contribution is 6.45. The summed E-state index contributed by atoms with van der Waals surface area (Å²) >= 11 is 0. The van der Waals surface area contributed by atoms with Crippen molar-refractivity contribution >= 4 is 34.2 Å². The van der Waals surface area contributed by atoms with Crippen LogP contribution >= 0.6 is 0 Å². The summed E-state index contributed by atoms with van der Waals surface area (Å²) in [5.41, 5.74) is 7.09. The second kappa shape index (κ2) is 12.6. The van der Waals surface area contributed by atoms with Gasteiger partial charge in [-0.25, -0.2) is 0 Å². The number of carbonyl (C=O) groups is 3. The molecule has 0 saturated heterocycles. The zero-order valence-corrected chi connectivity index (χ0v) is 21.7. The maximum atomic E-state index is 13.9. The lowest BCUT2D eigenvalue weighted by atomic mass is 9.82. The van der Waals surface area contributed by atoms with Crippen LogP contribution in [0.1, 0.15) is 55.3 Å². The summed E-state index contributed by atoms with van der Waals surface area (Å²) in [5.74, 6) is -1.16. The Labute approximate surface area is 222 Å². The second-order valence-electron chi connectivity index (χ2n) is 9.82. The second-order valence-corrected chi connectivity index (χ2v) is 9.82. The number of anilines is 1. The smallest absolute Gasteiger partial charge is 0.295 e. The van der Waals surface area contributed by atoms with Crippen LogP contribution in [0.3, 0.4) is 0 Å². The number of phenolic OH excluding ortho intramolecular Hbond substituents is 1. The van der Waals surface area contributed by atoms with Crippen LogP contribution in [0, 0.1) is 5.92 Å². The number of hydrogen-bond acceptors (Lipinski definition) is 6. The summed E-state index contributed by atoms with van der Waals surface area (Å²) in [6.07, 6.45) is 7.35. The average Bonchev–Trinajstić information content (AvgIpc) is 3.35. The van der Waals surface area contributed by atoms with Crippen LogP contribution in [0.25, 0.3) is 10.9 Å². The van der Waals surface area contributed by atoms with E-state index >= 15 is 0 Å². The standard InChI is InChI=1S/C29H36N4O5/c1-38-22-12-13-23-24(18-31-25(23)17-22)27(35)29(37)33(15-6-5-14-30)26(19-8-3-2-4-9-19)28(36)32-20-10-7-11-21(34)16-20/h7,10-13,16-19,26,31,34H,2-6,8-9,14-15,30H2,1H3,(H,32,36). The van der Waals surface area contributed by atoms with Crippen LogP contribution in [-0.2, 0) is 9.59 Å². The van der Waals surface area contributed by atoms with E-state index < -0.39 is 17.7 Å². The number of unbranched alkanes of at least 4 members (excludes halogenated alkanes) is 1. The molecular weight excluding hydrogens is 484 g/mol. The lowest BCUT2D eigenvalue weighted by Crippen LogP contribution is -2.54. The topological polar surface area (TPSA) is 138 Å². The van der Waals surface area contributed by atoms with E-state index in [0.717, 1.165) is 32.1 Å². The van der Waals surface area contributed by atoms with E-state index in [-0.39, 0.29) is 29.7 Å². The summed E-state index contributed by atoms with van der Waals surface area (Å²) in [7, 11) is 1.56. The van der Waals surface area contributed by atoms with Crippen LogP contribution in [0.4, 0.5) is 5.69 Å². The number of rotatable bonds is 11. The monoisotopic (exact) mass is 520 g/mol. The van der Waals surface area contributed by atoms with Crippen molar-refractivity contribution in [3.63, 3.8) is 0 Å². The molecule has 0 radical (unpaired) electrons. The predicted molar refractivity (Wildman–Crippen MR) is 146 cm³/mol. The number of carbonyl (C=O) groups excluding carboxylic acids is 3. The molecule has 1 fully saturated rings. The highest BCUT2D eigenvalue weighted by Crippen LogP contribution is 2.32. The van der Waals surface area contributed by atoms with Gasteiger partial charge in [-0.3, -0.25) is 14.4 Å². The Balaban J connectivity index is 1.67. The van der Waals surface area contributed by atoms with Gasteiger partial charge in [0.15, 0.2) is 0 Å². The van der Waals surface area contributed by atoms with Crippen molar-refractivity contribution in [2.24, 2.45) is 11.7 Å². The number of Topliss-reactive ketones (excluding diaryl/α,β-unsaturated/α-hetero) is 1. The van der Waals surface area contributed by atoms with Gasteiger partial charge in [0.05, 0.1) is 12.7 Å². The molecule has 2 amide bonds. The molecule has 2 aromatic carbocycles. The van der Waals surface area contributed by atoms with Crippen LogP contribution in [0.5, 0.6) is 11.5 Å². The van der Waals surface area contributed by atoms with E-state index in [0.29, 0.717) is 41.7 Å². The van der Waals surface area contributed by atoms with Gasteiger partial charge in [0.2, 0.25) is 5.91 Å². The summed E-state index contributed by atoms with van der Waals surface area (Å²) in [6, 6.07) is 10.7. The first-order valence-corrected chi connectivity index (χ1v) is 13.2. The zero-order chi connectivity index (χ0) is 27.1. The first-order chi connectivity index (χ1) is 18.4. The van der Waals surface area contributed by atoms with Crippen molar-refractivity contribution in [2.75, 3.05) is 25.5 Å². The SMILES string of the molecule is COc1ccc2c(C(=O)C(=O)N(CCCCN)C(C(=O)Nc3cccc(O)c3)C3CCCCC3)c[nH]c2c1. The van der Waals surface area contributed by atoms with E-state index in [1.807, 2.05) is 0 Å². The molecule has 1 unspecified atom stereocenters. The molecule has 1 aliphatic carbocycles. The number of H-pyrrole nitrogens is 1. The number of phenols is 1. The molecule has 4 rings (SSSR count). The zero-order valence-electron chi connectivity index (χ0n) is 21.7. The van der Waals surface area contributed by atoms with Crippen LogP contribution in [-0.4, -0.2) is 58.8 Å². The lowest BCUT2D eigenvalue weighted by Gasteiger charge is -2.37. The number of benzene rings is 2. The Morgan fingerprint density at radius 1 is 1.13 bits per heavy atom. The number of hydrogen-bond donors (Lipinski definition) is 4. The highest BCUT2D eigenvalue weighted by atomic mass is 16.5. The number of amides is 2. The van der Waals surface area contributed by atoms with Crippen molar-refractivity contribution in [1.29, 1.82) is 0 Å². The summed E-state index contributed by atoms with van der Waals surface area (Å²) < 4.78 is 5.26. The van der Waals surface area contributed by atoms with Gasteiger partial charge in [0.25, 0.3) is 11.7 Å². The van der Waals surface area contributed by atoms with Gasteiger partial charge in [-0.1, -0.05) is 25.3 Å². The fraction of sp³-hybridized carbons (Fsp3) is 0.414. The van der Waals surface area contributed by atoms with Crippen LogP contribution < -0.4 is 15.8 Å². The molecule has 1 aliphatic rings. The number of nitrogens with zero attached hydrogens (tertiary/aromatic N) is 1. The molecule has 0 aliphatic heterocycles. The van der Waals surface area contributed by atoms with Gasteiger partial charge in [-0.05, 0) is 62.4 Å². The lowest BCUT2D eigenvalue weighted by molar-refractivity contribution is -0.137. The molecule has 5 N–H and O–H groups in total. The van der Waals surface area contributed by atoms with E-state index in [1.165, 1.54) is 23.2 Å². The number of nitrogens with one attached hydrogen (secondary N) is 2. The van der Waals surface area contributed by atoms with Crippen molar-refractivity contribution in [3.8, 4) is 11.5 Å². The number of ether oxygens (including phenoxy) is 1. The molecule has 0 bridgehead atoms. The minimum absolute atomic E-state index is 0.0269. The Hall–Kier alpha value is -3.85. The summed E-state index contributed by atoms with van der Waals surface area (Å²) in [6.45, 7) is 0.691. The van der Waals surface area contributed by atoms with Crippen molar-refractivity contribution < 1.29 is 24.2 Å². The van der Waals surface area contributed by atoms with Crippen molar-refractivity contribution in [2.45, 2.75) is 51.0 Å². The van der Waals surface area contributed by atoms with E-state index in [1.54, 1.807) is 37.4 Å². The quantitative estimate of drug-likeness (QED) is 0.170. The van der Waals surface area contributed by atoms with Crippen LogP contribution in [0.2, 0.25) is 0 Å². The first kappa shape index (κ1) is 27.2. The average molecular weight is 521 g/mol. The first-order valence-electron chi connectivity index (χ1n) is 13.2. The Bertz CT molecular complexity index is 1280. The van der Waals surface area contributed by atoms with Gasteiger partial charge >= 0.3 is 0 Å². The molecule has 9 heteroatoms. The highest BCUT2D eigenvalue weighted by Gasteiger charge is 2.39. The van der Waals surface area contributed by atoms with Crippen molar-refractivity contribution in [3.05, 3.63) is 54.2 Å². The summed E-state index contributed by atoms with van der Waals surface area (Å²) in [4.78, 5) is 45.8. The molecule has 1 atom stereocenters. The minimum atomic E-state index is -0.822. The molecule has 38 heavy (non-hydrogen) atoms. The van der Waals surface area contributed by atoms with Gasteiger partial charge in [-0.15, -0.1) is 0 Å². The summed E-state index contributed by atoms with van der Waals surface area (Å²) in [5, 5.41) is 13.4. The largest absolute Gasteiger partial charge is 0.508 e. The molecule has 1 aromatic heterocycles. The fourth-order valence-corrected chi connectivity index (χ4v) is 5.32. The molecule has 3 aromatic rings. The third kappa shape index (κ3) is 6.16. The molecule has 0 spiro atoms. The molecule has 1 heterocycles. The maximum absolute atomic E-state index is 13.9. The number of ketones is 1. The Kier molecular flexibility index (Phi) is 9.02. The van der Waals surface area contributed by atoms with Crippen LogP contribution in [0.15, 0.2) is 48.7 Å². The molecular formula is C29H36N4O5. The predicted octanol–water partition coefficient (Wildman–Crippen LogP) is 4.22. The number of aromatic amines is 1. The fourth-order valence-electron chi connectivity index (χ4n) is 5.32. The van der Waals surface area contributed by atoms with Gasteiger partial charge in [0.1, 0.15) is 17.5 Å². The molecule has 9 nitrogen and oxygen atoms in total. The van der Waals surface area contributed by atoms with Gasteiger partial charge in [-0.2, -0.15) is 0 Å². The third-order valence-corrected chi connectivity index (χ3v) is 7.26. The van der Waals surface area contributed by atoms with E-state index in [4.69, 9.17) is 10.5 Å². The number of fused-ring (bicyclic) bond motifs is 1. The molecule has 1 saturated carbocycles. The maximum Gasteiger partial charge on any atom is 0.295 e. The number of nitrogens with two attached hydrogens (primary N) is 1.